The largest absolute Gasteiger partial charge is 0.357 e. The number of rotatable bonds is 8. The molecule has 0 aliphatic carbocycles. The summed E-state index contributed by atoms with van der Waals surface area (Å²) < 4.78 is 0. The van der Waals surface area contributed by atoms with Crippen LogP contribution in [0.3, 0.4) is 0 Å². The van der Waals surface area contributed by atoms with Gasteiger partial charge in [0.1, 0.15) is 0 Å². The minimum atomic E-state index is -0.398. The van der Waals surface area contributed by atoms with Crippen molar-refractivity contribution in [3.05, 3.63) is 52.6 Å². The number of nitro groups is 1. The molecule has 1 aromatic rings. The highest BCUT2D eigenvalue weighted by Gasteiger charge is 2.06. The summed E-state index contributed by atoms with van der Waals surface area (Å²) in [5, 5.41) is 13.9. The van der Waals surface area contributed by atoms with Crippen molar-refractivity contribution in [1.82, 2.24) is 10.2 Å². The van der Waals surface area contributed by atoms with Crippen molar-refractivity contribution < 1.29 is 4.92 Å². The van der Waals surface area contributed by atoms with Gasteiger partial charge in [-0.1, -0.05) is 18.2 Å². The van der Waals surface area contributed by atoms with E-state index in [-0.39, 0.29) is 29.7 Å². The van der Waals surface area contributed by atoms with Crippen LogP contribution in [0.15, 0.2) is 41.9 Å². The summed E-state index contributed by atoms with van der Waals surface area (Å²) in [5.41, 5.74) is 1.04. The van der Waals surface area contributed by atoms with Gasteiger partial charge in [0.05, 0.1) is 11.5 Å². The molecule has 0 amide bonds. The third-order valence-electron chi connectivity index (χ3n) is 3.16. The number of hydrogen-bond donors (Lipinski definition) is 1. The number of unbranched alkanes of at least 4 members (excludes halogenated alkanes) is 1. The molecule has 0 aromatic heterocycles. The molecule has 0 unspecified atom stereocenters. The second-order valence-corrected chi connectivity index (χ2v) is 4.95. The maximum Gasteiger partial charge on any atom is 0.269 e. The number of nitro benzene ring substituents is 1. The third kappa shape index (κ3) is 7.96. The zero-order chi connectivity index (χ0) is 16.4. The van der Waals surface area contributed by atoms with Gasteiger partial charge in [-0.15, -0.1) is 30.6 Å². The number of non-ortho nitro benzene ring substituents is 1. The summed E-state index contributed by atoms with van der Waals surface area (Å²) in [6.07, 6.45) is 3.92. The van der Waals surface area contributed by atoms with Crippen molar-refractivity contribution in [2.24, 2.45) is 4.99 Å². The molecule has 1 rings (SSSR count). The number of benzene rings is 1. The smallest absolute Gasteiger partial charge is 0.269 e. The van der Waals surface area contributed by atoms with Crippen molar-refractivity contribution in [3.63, 3.8) is 0 Å². The molecule has 0 fully saturated rings. The first-order valence-corrected chi connectivity index (χ1v) is 7.42. The third-order valence-corrected chi connectivity index (χ3v) is 3.16. The van der Waals surface area contributed by atoms with Gasteiger partial charge in [0.25, 0.3) is 5.69 Å². The predicted molar refractivity (Wildman–Crippen MR) is 105 cm³/mol. The van der Waals surface area contributed by atoms with Crippen LogP contribution in [0.4, 0.5) is 5.69 Å². The summed E-state index contributed by atoms with van der Waals surface area (Å²) in [6.45, 7) is 7.94. The Balaban J connectivity index is 0.00000484. The first-order valence-electron chi connectivity index (χ1n) is 7.42. The number of guanidine groups is 1. The Morgan fingerprint density at radius 2 is 2.09 bits per heavy atom. The molecule has 23 heavy (non-hydrogen) atoms. The van der Waals surface area contributed by atoms with Crippen molar-refractivity contribution in [3.8, 4) is 0 Å². The Hall–Kier alpha value is -1.64. The second-order valence-electron chi connectivity index (χ2n) is 4.95. The number of allylic oxidation sites excluding steroid dienone is 1. The topological polar surface area (TPSA) is 70.8 Å². The molecule has 0 heterocycles. The van der Waals surface area contributed by atoms with Gasteiger partial charge in [-0.3, -0.25) is 10.1 Å². The Morgan fingerprint density at radius 1 is 1.43 bits per heavy atom. The molecule has 1 N–H and O–H groups in total. The molecule has 0 spiro atoms. The Kier molecular flexibility index (Phi) is 11.0. The number of aliphatic imine (C=N–C) groups is 1. The molecule has 1 aromatic carbocycles. The Labute approximate surface area is 154 Å². The van der Waals surface area contributed by atoms with Gasteiger partial charge in [-0.2, -0.15) is 0 Å². The minimum Gasteiger partial charge on any atom is -0.357 e. The lowest BCUT2D eigenvalue weighted by Crippen LogP contribution is -2.39. The average Bonchev–Trinajstić information content (AvgIpc) is 2.52. The number of hydrogen-bond acceptors (Lipinski definition) is 3. The highest BCUT2D eigenvalue weighted by Crippen LogP contribution is 2.12. The second kappa shape index (κ2) is 11.9. The van der Waals surface area contributed by atoms with Crippen LogP contribution in [0.25, 0.3) is 0 Å². The summed E-state index contributed by atoms with van der Waals surface area (Å²) in [4.78, 5) is 16.9. The molecule has 0 radical (unpaired) electrons. The van der Waals surface area contributed by atoms with E-state index in [0.717, 1.165) is 37.5 Å². The normalized spacial score (nSPS) is 10.6. The van der Waals surface area contributed by atoms with Crippen LogP contribution in [0.2, 0.25) is 0 Å². The van der Waals surface area contributed by atoms with Crippen LogP contribution >= 0.6 is 24.0 Å². The first-order chi connectivity index (χ1) is 10.6. The van der Waals surface area contributed by atoms with Gasteiger partial charge in [-0.05, 0) is 25.3 Å². The van der Waals surface area contributed by atoms with Gasteiger partial charge < -0.3 is 10.2 Å². The molecular weight excluding hydrogens is 407 g/mol. The van der Waals surface area contributed by atoms with E-state index in [9.17, 15) is 10.1 Å². The SMILES string of the molecule is C=CCCCN(C)C(=NCc1ccc([N+](=O)[O-])cc1)NCC.I. The monoisotopic (exact) mass is 432 g/mol. The molecule has 6 nitrogen and oxygen atoms in total. The fourth-order valence-corrected chi connectivity index (χ4v) is 1.94. The quantitative estimate of drug-likeness (QED) is 0.130. The van der Waals surface area contributed by atoms with E-state index in [0.29, 0.717) is 6.54 Å². The minimum absolute atomic E-state index is 0. The van der Waals surface area contributed by atoms with Crippen LogP contribution in [-0.2, 0) is 6.54 Å². The first kappa shape index (κ1) is 21.4. The zero-order valence-corrected chi connectivity index (χ0v) is 16.0. The molecule has 7 heteroatoms. The number of halogens is 1. The zero-order valence-electron chi connectivity index (χ0n) is 13.7. The van der Waals surface area contributed by atoms with Crippen molar-refractivity contribution in [2.45, 2.75) is 26.3 Å². The average molecular weight is 432 g/mol. The Bertz CT molecular complexity index is 517. The molecule has 0 aliphatic heterocycles. The van der Waals surface area contributed by atoms with Gasteiger partial charge >= 0.3 is 0 Å². The molecule has 0 saturated carbocycles. The van der Waals surface area contributed by atoms with Gasteiger partial charge in [-0.25, -0.2) is 4.99 Å². The van der Waals surface area contributed by atoms with Crippen LogP contribution in [-0.4, -0.2) is 35.9 Å². The van der Waals surface area contributed by atoms with Gasteiger partial charge in [0.15, 0.2) is 5.96 Å². The maximum absolute atomic E-state index is 10.6. The lowest BCUT2D eigenvalue weighted by atomic mass is 10.2. The van der Waals surface area contributed by atoms with Crippen LogP contribution in [0.1, 0.15) is 25.3 Å². The van der Waals surface area contributed by atoms with Crippen molar-refractivity contribution in [2.75, 3.05) is 20.1 Å². The van der Waals surface area contributed by atoms with Gasteiger partial charge in [0, 0.05) is 32.3 Å². The van der Waals surface area contributed by atoms with Crippen molar-refractivity contribution in [1.29, 1.82) is 0 Å². The number of nitrogens with one attached hydrogen (secondary N) is 1. The molecule has 0 aliphatic rings. The standard InChI is InChI=1S/C16H24N4O2.HI/c1-4-6-7-12-19(3)16(17-5-2)18-13-14-8-10-15(11-9-14)20(21)22;/h4,8-11H,1,5-7,12-13H2,2-3H3,(H,17,18);1H. The lowest BCUT2D eigenvalue weighted by Gasteiger charge is -2.21. The lowest BCUT2D eigenvalue weighted by molar-refractivity contribution is -0.384. The highest BCUT2D eigenvalue weighted by molar-refractivity contribution is 14.0. The van der Waals surface area contributed by atoms with Crippen molar-refractivity contribution >= 4 is 35.6 Å². The van der Waals surface area contributed by atoms with E-state index in [4.69, 9.17) is 0 Å². The number of nitrogens with zero attached hydrogens (tertiary/aromatic N) is 3. The summed E-state index contributed by atoms with van der Waals surface area (Å²) in [7, 11) is 2.00. The molecule has 0 bridgehead atoms. The van der Waals surface area contributed by atoms with E-state index in [1.165, 1.54) is 12.1 Å². The molecule has 128 valence electrons. The molecule has 0 saturated heterocycles. The van der Waals surface area contributed by atoms with E-state index < -0.39 is 4.92 Å². The summed E-state index contributed by atoms with van der Waals surface area (Å²) in [6, 6.07) is 6.49. The fraction of sp³-hybridized carbons (Fsp3) is 0.438. The summed E-state index contributed by atoms with van der Waals surface area (Å²) in [5.74, 6) is 0.838. The predicted octanol–water partition coefficient (Wildman–Crippen LogP) is 3.58. The van der Waals surface area contributed by atoms with E-state index in [2.05, 4.69) is 21.8 Å². The highest BCUT2D eigenvalue weighted by atomic mass is 127. The van der Waals surface area contributed by atoms with Gasteiger partial charge in [0.2, 0.25) is 0 Å². The van der Waals surface area contributed by atoms with Crippen LogP contribution in [0, 0.1) is 10.1 Å². The van der Waals surface area contributed by atoms with E-state index in [1.54, 1.807) is 12.1 Å². The fourth-order valence-electron chi connectivity index (χ4n) is 1.94. The Morgan fingerprint density at radius 3 is 2.61 bits per heavy atom. The van der Waals surface area contributed by atoms with E-state index in [1.807, 2.05) is 20.0 Å². The van der Waals surface area contributed by atoms with E-state index >= 15 is 0 Å². The molecular formula is C16H25IN4O2. The van der Waals surface area contributed by atoms with Crippen LogP contribution in [0.5, 0.6) is 0 Å². The maximum atomic E-state index is 10.6. The van der Waals surface area contributed by atoms with Crippen LogP contribution < -0.4 is 5.32 Å². The molecule has 0 atom stereocenters. The summed E-state index contributed by atoms with van der Waals surface area (Å²) >= 11 is 0.